The SMILES string of the molecule is O=C(NC1OCCC1C(F)(F)F)OCc1ccccc1. The Balaban J connectivity index is 1.82. The number of hydrogen-bond acceptors (Lipinski definition) is 3. The lowest BCUT2D eigenvalue weighted by Gasteiger charge is -2.21. The van der Waals surface area contributed by atoms with Crippen molar-refractivity contribution >= 4 is 6.09 Å². The van der Waals surface area contributed by atoms with E-state index in [1.807, 2.05) is 6.07 Å². The van der Waals surface area contributed by atoms with Crippen LogP contribution in [0.3, 0.4) is 0 Å². The number of rotatable bonds is 3. The van der Waals surface area contributed by atoms with Crippen molar-refractivity contribution in [2.75, 3.05) is 6.61 Å². The van der Waals surface area contributed by atoms with E-state index < -0.39 is 24.4 Å². The number of hydrogen-bond donors (Lipinski definition) is 1. The van der Waals surface area contributed by atoms with E-state index in [0.29, 0.717) is 0 Å². The summed E-state index contributed by atoms with van der Waals surface area (Å²) in [6, 6.07) is 8.85. The average molecular weight is 289 g/mol. The maximum atomic E-state index is 12.6. The number of halogens is 3. The van der Waals surface area contributed by atoms with E-state index in [-0.39, 0.29) is 19.6 Å². The number of carbonyl (C=O) groups excluding carboxylic acids is 1. The Bertz CT molecular complexity index is 450. The lowest BCUT2D eigenvalue weighted by atomic mass is 10.1. The third-order valence-corrected chi connectivity index (χ3v) is 2.99. The van der Waals surface area contributed by atoms with Gasteiger partial charge in [-0.15, -0.1) is 0 Å². The summed E-state index contributed by atoms with van der Waals surface area (Å²) in [5.41, 5.74) is 0.752. The van der Waals surface area contributed by atoms with Crippen molar-refractivity contribution in [2.45, 2.75) is 25.4 Å². The van der Waals surface area contributed by atoms with Gasteiger partial charge in [-0.05, 0) is 12.0 Å². The van der Waals surface area contributed by atoms with Gasteiger partial charge in [0.15, 0.2) is 0 Å². The lowest BCUT2D eigenvalue weighted by molar-refractivity contribution is -0.188. The second-order valence-electron chi connectivity index (χ2n) is 4.43. The van der Waals surface area contributed by atoms with Crippen LogP contribution in [-0.4, -0.2) is 25.1 Å². The number of carbonyl (C=O) groups is 1. The normalized spacial score (nSPS) is 22.6. The van der Waals surface area contributed by atoms with Crippen LogP contribution in [0.1, 0.15) is 12.0 Å². The number of alkyl carbamates (subject to hydrolysis) is 1. The molecule has 20 heavy (non-hydrogen) atoms. The zero-order valence-electron chi connectivity index (χ0n) is 10.5. The molecule has 2 unspecified atom stereocenters. The summed E-state index contributed by atoms with van der Waals surface area (Å²) in [6.45, 7) is -0.0378. The van der Waals surface area contributed by atoms with Gasteiger partial charge >= 0.3 is 12.3 Å². The van der Waals surface area contributed by atoms with Gasteiger partial charge in [0, 0.05) is 6.61 Å². The van der Waals surface area contributed by atoms with E-state index in [2.05, 4.69) is 5.32 Å². The summed E-state index contributed by atoms with van der Waals surface area (Å²) in [7, 11) is 0. The highest BCUT2D eigenvalue weighted by Gasteiger charge is 2.48. The third-order valence-electron chi connectivity index (χ3n) is 2.99. The van der Waals surface area contributed by atoms with E-state index >= 15 is 0 Å². The number of amides is 1. The van der Waals surface area contributed by atoms with E-state index in [0.717, 1.165) is 5.56 Å². The number of nitrogens with one attached hydrogen (secondary N) is 1. The van der Waals surface area contributed by atoms with Gasteiger partial charge in [-0.2, -0.15) is 13.2 Å². The molecule has 1 aromatic rings. The lowest BCUT2D eigenvalue weighted by Crippen LogP contribution is -2.43. The Morgan fingerprint density at radius 2 is 2.05 bits per heavy atom. The average Bonchev–Trinajstić information content (AvgIpc) is 2.86. The highest BCUT2D eigenvalue weighted by Crippen LogP contribution is 2.35. The van der Waals surface area contributed by atoms with Crippen molar-refractivity contribution in [3.63, 3.8) is 0 Å². The topological polar surface area (TPSA) is 47.6 Å². The summed E-state index contributed by atoms with van der Waals surface area (Å²) < 4.78 is 47.7. The molecule has 0 spiro atoms. The van der Waals surface area contributed by atoms with Crippen LogP contribution in [0.2, 0.25) is 0 Å². The van der Waals surface area contributed by atoms with Crippen molar-refractivity contribution in [1.29, 1.82) is 0 Å². The van der Waals surface area contributed by atoms with Gasteiger partial charge in [0.1, 0.15) is 18.8 Å². The quantitative estimate of drug-likeness (QED) is 0.930. The van der Waals surface area contributed by atoms with E-state index in [4.69, 9.17) is 9.47 Å². The van der Waals surface area contributed by atoms with Gasteiger partial charge < -0.3 is 9.47 Å². The van der Waals surface area contributed by atoms with Crippen LogP contribution in [0.25, 0.3) is 0 Å². The van der Waals surface area contributed by atoms with E-state index in [1.54, 1.807) is 24.3 Å². The Morgan fingerprint density at radius 3 is 2.70 bits per heavy atom. The Labute approximate surface area is 113 Å². The van der Waals surface area contributed by atoms with Gasteiger partial charge in [-0.25, -0.2) is 4.79 Å². The molecule has 0 saturated carbocycles. The first-order valence-electron chi connectivity index (χ1n) is 6.12. The van der Waals surface area contributed by atoms with Crippen LogP contribution in [0.4, 0.5) is 18.0 Å². The molecule has 1 aromatic carbocycles. The van der Waals surface area contributed by atoms with E-state index in [9.17, 15) is 18.0 Å². The van der Waals surface area contributed by atoms with Crippen LogP contribution in [0.5, 0.6) is 0 Å². The Kier molecular flexibility index (Phi) is 4.49. The predicted octanol–water partition coefficient (Wildman–Crippen LogP) is 2.84. The standard InChI is InChI=1S/C13H14F3NO3/c14-13(15,16)10-6-7-19-11(10)17-12(18)20-8-9-4-2-1-3-5-9/h1-5,10-11H,6-8H2,(H,17,18). The van der Waals surface area contributed by atoms with Gasteiger partial charge in [0.05, 0.1) is 0 Å². The zero-order chi connectivity index (χ0) is 14.6. The van der Waals surface area contributed by atoms with Gasteiger partial charge in [0.25, 0.3) is 0 Å². The van der Waals surface area contributed by atoms with E-state index in [1.165, 1.54) is 0 Å². The second kappa shape index (κ2) is 6.13. The summed E-state index contributed by atoms with van der Waals surface area (Å²) in [5.74, 6) is -1.69. The molecule has 0 aromatic heterocycles. The van der Waals surface area contributed by atoms with Crippen molar-refractivity contribution in [3.8, 4) is 0 Å². The second-order valence-corrected chi connectivity index (χ2v) is 4.43. The molecule has 1 saturated heterocycles. The maximum Gasteiger partial charge on any atom is 0.409 e. The van der Waals surface area contributed by atoms with Crippen LogP contribution in [-0.2, 0) is 16.1 Å². The van der Waals surface area contributed by atoms with Crippen molar-refractivity contribution in [3.05, 3.63) is 35.9 Å². The summed E-state index contributed by atoms with van der Waals surface area (Å²) in [6.07, 6.45) is -6.85. The largest absolute Gasteiger partial charge is 0.445 e. The molecule has 2 atom stereocenters. The fourth-order valence-corrected chi connectivity index (χ4v) is 1.95. The highest BCUT2D eigenvalue weighted by atomic mass is 19.4. The molecule has 0 bridgehead atoms. The minimum absolute atomic E-state index is 0.00389. The first-order valence-corrected chi connectivity index (χ1v) is 6.12. The summed E-state index contributed by atoms with van der Waals surface area (Å²) >= 11 is 0. The molecule has 1 aliphatic rings. The molecule has 1 N–H and O–H groups in total. The molecule has 1 fully saturated rings. The van der Waals surface area contributed by atoms with Crippen molar-refractivity contribution in [1.82, 2.24) is 5.32 Å². The molecule has 0 radical (unpaired) electrons. The molecule has 4 nitrogen and oxygen atoms in total. The molecular formula is C13H14F3NO3. The number of benzene rings is 1. The van der Waals surface area contributed by atoms with Crippen molar-refractivity contribution < 1.29 is 27.4 Å². The Morgan fingerprint density at radius 1 is 1.35 bits per heavy atom. The monoisotopic (exact) mass is 289 g/mol. The molecule has 1 aliphatic heterocycles. The summed E-state index contributed by atoms with van der Waals surface area (Å²) in [5, 5.41) is 2.10. The van der Waals surface area contributed by atoms with Crippen LogP contribution < -0.4 is 5.32 Å². The molecule has 110 valence electrons. The van der Waals surface area contributed by atoms with Crippen LogP contribution >= 0.6 is 0 Å². The minimum Gasteiger partial charge on any atom is -0.445 e. The van der Waals surface area contributed by atoms with Crippen molar-refractivity contribution in [2.24, 2.45) is 5.92 Å². The molecule has 1 amide bonds. The van der Waals surface area contributed by atoms with Crippen LogP contribution in [0, 0.1) is 5.92 Å². The highest BCUT2D eigenvalue weighted by molar-refractivity contribution is 5.67. The van der Waals surface area contributed by atoms with Gasteiger partial charge in [-0.3, -0.25) is 5.32 Å². The third kappa shape index (κ3) is 3.86. The smallest absolute Gasteiger partial charge is 0.409 e. The molecular weight excluding hydrogens is 275 g/mol. The summed E-state index contributed by atoms with van der Waals surface area (Å²) in [4.78, 5) is 11.5. The fraction of sp³-hybridized carbons (Fsp3) is 0.462. The first kappa shape index (κ1) is 14.6. The fourth-order valence-electron chi connectivity index (χ4n) is 1.95. The predicted molar refractivity (Wildman–Crippen MR) is 63.7 cm³/mol. The zero-order valence-corrected chi connectivity index (χ0v) is 10.5. The molecule has 1 heterocycles. The number of ether oxygens (including phenoxy) is 2. The van der Waals surface area contributed by atoms with Crippen LogP contribution in [0.15, 0.2) is 30.3 Å². The molecule has 2 rings (SSSR count). The van der Waals surface area contributed by atoms with Gasteiger partial charge in [-0.1, -0.05) is 30.3 Å². The van der Waals surface area contributed by atoms with Gasteiger partial charge in [0.2, 0.25) is 0 Å². The molecule has 7 heteroatoms. The minimum atomic E-state index is -4.39. The maximum absolute atomic E-state index is 12.6. The number of alkyl halides is 3. The first-order chi connectivity index (χ1) is 9.47. The Hall–Kier alpha value is -1.76. The molecule has 0 aliphatic carbocycles.